The molecular weight excluding hydrogens is 382 g/mol. The van der Waals surface area contributed by atoms with E-state index in [-0.39, 0.29) is 27.4 Å². The Morgan fingerprint density at radius 1 is 0.645 bits per heavy atom. The second kappa shape index (κ2) is 7.76. The van der Waals surface area contributed by atoms with Gasteiger partial charge in [-0.25, -0.2) is 4.99 Å². The van der Waals surface area contributed by atoms with Gasteiger partial charge in [0.1, 0.15) is 5.75 Å². The van der Waals surface area contributed by atoms with Crippen molar-refractivity contribution in [1.82, 2.24) is 0 Å². The molecule has 0 spiro atoms. The highest BCUT2D eigenvalue weighted by Crippen LogP contribution is 2.42. The zero-order valence-corrected chi connectivity index (χ0v) is 21.6. The van der Waals surface area contributed by atoms with E-state index in [1.54, 1.807) is 0 Å². The Hall–Kier alpha value is -2.16. The van der Waals surface area contributed by atoms with Crippen LogP contribution in [0.2, 0.25) is 0 Å². The number of aromatic hydroxyl groups is 1. The van der Waals surface area contributed by atoms with Gasteiger partial charge in [0, 0.05) is 22.3 Å². The molecule has 3 nitrogen and oxygen atoms in total. The molecule has 170 valence electrons. The average molecular weight is 424 g/mol. The van der Waals surface area contributed by atoms with Crippen LogP contribution in [0.25, 0.3) is 0 Å². The molecular formula is C28H41NO2. The number of ketones is 1. The van der Waals surface area contributed by atoms with Gasteiger partial charge in [0.25, 0.3) is 0 Å². The lowest BCUT2D eigenvalue weighted by atomic mass is 9.72. The van der Waals surface area contributed by atoms with Crippen molar-refractivity contribution in [2.24, 2.45) is 15.8 Å². The van der Waals surface area contributed by atoms with Crippen molar-refractivity contribution in [3.05, 3.63) is 46.6 Å². The van der Waals surface area contributed by atoms with Crippen LogP contribution in [-0.4, -0.2) is 16.6 Å². The van der Waals surface area contributed by atoms with E-state index >= 15 is 0 Å². The van der Waals surface area contributed by atoms with Gasteiger partial charge in [-0.3, -0.25) is 4.79 Å². The molecule has 0 unspecified atom stereocenters. The average Bonchev–Trinajstić information content (AvgIpc) is 2.53. The molecule has 0 bridgehead atoms. The van der Waals surface area contributed by atoms with E-state index in [0.717, 1.165) is 33.7 Å². The molecule has 0 saturated carbocycles. The van der Waals surface area contributed by atoms with Crippen LogP contribution in [0.4, 0.5) is 5.69 Å². The number of Topliss-reactive ketones (excluding diaryl/α,β-unsaturated/α-hetero) is 1. The van der Waals surface area contributed by atoms with E-state index in [0.29, 0.717) is 5.75 Å². The monoisotopic (exact) mass is 423 g/mol. The van der Waals surface area contributed by atoms with Gasteiger partial charge in [0.15, 0.2) is 5.78 Å². The van der Waals surface area contributed by atoms with Gasteiger partial charge < -0.3 is 5.11 Å². The maximum Gasteiger partial charge on any atom is 0.186 e. The molecule has 2 rings (SSSR count). The number of hydrogen-bond acceptors (Lipinski definition) is 3. The molecule has 3 heteroatoms. The number of nitrogens with zero attached hydrogens (tertiary/aromatic N) is 1. The number of phenolic OH excluding ortho intramolecular Hbond substituents is 1. The Kier molecular flexibility index (Phi) is 6.28. The largest absolute Gasteiger partial charge is 0.507 e. The maximum absolute atomic E-state index is 13.2. The standard InChI is InChI=1S/C28H41NO2/c1-25(2,3)19-13-17(14-20(23(19)30)26(4,5)6)29-18-15-21(27(7,8)9)24(31)22(16-18)28(10,11)12/h13-16,30H,1-12H3. The highest BCUT2D eigenvalue weighted by atomic mass is 16.3. The summed E-state index contributed by atoms with van der Waals surface area (Å²) in [7, 11) is 0. The van der Waals surface area contributed by atoms with Crippen LogP contribution in [0.5, 0.6) is 5.75 Å². The van der Waals surface area contributed by atoms with Crippen molar-refractivity contribution in [3.8, 4) is 5.75 Å². The van der Waals surface area contributed by atoms with Crippen LogP contribution in [0.15, 0.2) is 40.4 Å². The smallest absolute Gasteiger partial charge is 0.186 e. The molecule has 1 aromatic rings. The number of allylic oxidation sites excluding steroid dienone is 4. The van der Waals surface area contributed by atoms with Crippen LogP contribution in [0.1, 0.15) is 94.2 Å². The molecule has 0 amide bonds. The summed E-state index contributed by atoms with van der Waals surface area (Å²) in [4.78, 5) is 18.2. The van der Waals surface area contributed by atoms with Gasteiger partial charge in [-0.1, -0.05) is 83.1 Å². The lowest BCUT2D eigenvalue weighted by molar-refractivity contribution is -0.114. The highest BCUT2D eigenvalue weighted by molar-refractivity contribution is 6.23. The molecule has 0 radical (unpaired) electrons. The van der Waals surface area contributed by atoms with Crippen LogP contribution in [0.3, 0.4) is 0 Å². The molecule has 0 heterocycles. The summed E-state index contributed by atoms with van der Waals surface area (Å²) in [5, 5.41) is 11.0. The summed E-state index contributed by atoms with van der Waals surface area (Å²) in [6, 6.07) is 3.95. The van der Waals surface area contributed by atoms with E-state index in [4.69, 9.17) is 4.99 Å². The molecule has 1 aromatic carbocycles. The van der Waals surface area contributed by atoms with Gasteiger partial charge in [-0.2, -0.15) is 0 Å². The first-order valence-electron chi connectivity index (χ1n) is 11.2. The molecule has 0 saturated heterocycles. The molecule has 1 aliphatic carbocycles. The lowest BCUT2D eigenvalue weighted by Gasteiger charge is -2.31. The van der Waals surface area contributed by atoms with Crippen LogP contribution < -0.4 is 0 Å². The van der Waals surface area contributed by atoms with Crippen LogP contribution in [-0.2, 0) is 15.6 Å². The number of carbonyl (C=O) groups is 1. The second-order valence-corrected chi connectivity index (χ2v) is 12.9. The first-order valence-corrected chi connectivity index (χ1v) is 11.2. The Balaban J connectivity index is 2.81. The quantitative estimate of drug-likeness (QED) is 0.473. The highest BCUT2D eigenvalue weighted by Gasteiger charge is 2.34. The summed E-state index contributed by atoms with van der Waals surface area (Å²) in [5.41, 5.74) is 3.91. The zero-order valence-electron chi connectivity index (χ0n) is 21.6. The van der Waals surface area contributed by atoms with Crippen molar-refractivity contribution in [2.75, 3.05) is 0 Å². The normalized spacial score (nSPS) is 16.3. The Labute approximate surface area is 189 Å². The third-order valence-corrected chi connectivity index (χ3v) is 5.66. The number of phenols is 1. The van der Waals surface area contributed by atoms with Crippen molar-refractivity contribution in [1.29, 1.82) is 0 Å². The molecule has 0 aromatic heterocycles. The van der Waals surface area contributed by atoms with Gasteiger partial charge in [0.2, 0.25) is 0 Å². The fourth-order valence-electron chi connectivity index (χ4n) is 3.77. The maximum atomic E-state index is 13.2. The van der Waals surface area contributed by atoms with E-state index in [9.17, 15) is 9.90 Å². The van der Waals surface area contributed by atoms with Crippen molar-refractivity contribution in [2.45, 2.75) is 93.9 Å². The molecule has 31 heavy (non-hydrogen) atoms. The minimum atomic E-state index is -0.273. The summed E-state index contributed by atoms with van der Waals surface area (Å²) >= 11 is 0. The van der Waals surface area contributed by atoms with Crippen molar-refractivity contribution >= 4 is 17.2 Å². The van der Waals surface area contributed by atoms with E-state index in [2.05, 4.69) is 83.1 Å². The number of aliphatic imine (C=N–C) groups is 1. The van der Waals surface area contributed by atoms with Gasteiger partial charge in [-0.15, -0.1) is 0 Å². The lowest BCUT2D eigenvalue weighted by Crippen LogP contribution is -2.29. The molecule has 1 aliphatic rings. The first-order chi connectivity index (χ1) is 13.7. The Morgan fingerprint density at radius 3 is 1.29 bits per heavy atom. The fraction of sp³-hybridized carbons (Fsp3) is 0.571. The first kappa shape index (κ1) is 25.1. The number of benzene rings is 1. The zero-order chi connectivity index (χ0) is 24.2. The van der Waals surface area contributed by atoms with Gasteiger partial charge in [0.05, 0.1) is 11.4 Å². The minimum absolute atomic E-state index is 0.107. The summed E-state index contributed by atoms with van der Waals surface area (Å²) in [6.07, 6.45) is 3.86. The van der Waals surface area contributed by atoms with Crippen molar-refractivity contribution < 1.29 is 9.90 Å². The predicted octanol–water partition coefficient (Wildman–Crippen LogP) is 7.59. The summed E-state index contributed by atoms with van der Waals surface area (Å²) in [5.74, 6) is 0.454. The topological polar surface area (TPSA) is 49.7 Å². The fourth-order valence-corrected chi connectivity index (χ4v) is 3.77. The molecule has 0 fully saturated rings. The van der Waals surface area contributed by atoms with Crippen molar-refractivity contribution in [3.63, 3.8) is 0 Å². The third-order valence-electron chi connectivity index (χ3n) is 5.66. The number of rotatable bonds is 1. The van der Waals surface area contributed by atoms with Gasteiger partial charge >= 0.3 is 0 Å². The number of carbonyl (C=O) groups excluding carboxylic acids is 1. The Bertz CT molecular complexity index is 905. The van der Waals surface area contributed by atoms with E-state index in [1.165, 1.54) is 0 Å². The molecule has 0 aliphatic heterocycles. The van der Waals surface area contributed by atoms with E-state index in [1.807, 2.05) is 24.3 Å². The Morgan fingerprint density at radius 2 is 1.00 bits per heavy atom. The SMILES string of the molecule is CC(C)(C)C1=CC(=Nc2cc(C(C)(C)C)c(O)c(C(C)(C)C)c2)C=C(C(C)(C)C)C1=O. The predicted molar refractivity (Wildman–Crippen MR) is 133 cm³/mol. The summed E-state index contributed by atoms with van der Waals surface area (Å²) in [6.45, 7) is 25.0. The van der Waals surface area contributed by atoms with E-state index < -0.39 is 0 Å². The molecule has 1 N–H and O–H groups in total. The third kappa shape index (κ3) is 5.56. The summed E-state index contributed by atoms with van der Waals surface area (Å²) < 4.78 is 0. The van der Waals surface area contributed by atoms with Crippen LogP contribution in [0, 0.1) is 10.8 Å². The number of hydrogen-bond donors (Lipinski definition) is 1. The van der Waals surface area contributed by atoms with Gasteiger partial charge in [-0.05, 0) is 45.9 Å². The molecule has 0 atom stereocenters. The van der Waals surface area contributed by atoms with Crippen LogP contribution >= 0.6 is 0 Å². The second-order valence-electron chi connectivity index (χ2n) is 12.9. The minimum Gasteiger partial charge on any atom is -0.507 e.